The van der Waals surface area contributed by atoms with E-state index in [2.05, 4.69) is 48.3 Å². The summed E-state index contributed by atoms with van der Waals surface area (Å²) in [5, 5.41) is 3.03. The molecule has 0 unspecified atom stereocenters. The van der Waals surface area contributed by atoms with Crippen LogP contribution < -0.4 is 5.32 Å². The van der Waals surface area contributed by atoms with Crippen LogP contribution in [0.2, 0.25) is 0 Å². The van der Waals surface area contributed by atoms with Crippen LogP contribution in [0, 0.1) is 0 Å². The molecule has 138 valence electrons. The summed E-state index contributed by atoms with van der Waals surface area (Å²) in [5.74, 6) is 0.287. The number of hydrogen-bond acceptors (Lipinski definition) is 4. The van der Waals surface area contributed by atoms with Crippen molar-refractivity contribution in [3.63, 3.8) is 0 Å². The van der Waals surface area contributed by atoms with Gasteiger partial charge in [-0.15, -0.1) is 0 Å². The summed E-state index contributed by atoms with van der Waals surface area (Å²) in [6, 6.07) is 8.68. The first-order chi connectivity index (χ1) is 12.1. The highest BCUT2D eigenvalue weighted by Gasteiger charge is 2.39. The fourth-order valence-electron chi connectivity index (χ4n) is 3.51. The van der Waals surface area contributed by atoms with Gasteiger partial charge in [0.15, 0.2) is 5.79 Å². The molecular weight excluding hydrogens is 316 g/mol. The second-order valence-electron chi connectivity index (χ2n) is 7.38. The van der Waals surface area contributed by atoms with Gasteiger partial charge >= 0.3 is 0 Å². The molecule has 1 N–H and O–H groups in total. The average molecular weight is 346 g/mol. The fraction of sp³-hybridized carbons (Fsp3) is 0.650. The molecule has 1 aromatic rings. The molecule has 2 aliphatic rings. The summed E-state index contributed by atoms with van der Waals surface area (Å²) in [4.78, 5) is 14.3. The van der Waals surface area contributed by atoms with E-state index in [9.17, 15) is 4.79 Å². The van der Waals surface area contributed by atoms with Gasteiger partial charge in [0.25, 0.3) is 0 Å². The number of carbonyl (C=O) groups is 1. The molecule has 5 heteroatoms. The Bertz CT molecular complexity index is 555. The number of rotatable bonds is 6. The van der Waals surface area contributed by atoms with E-state index in [4.69, 9.17) is 9.47 Å². The molecular formula is C20H30N2O3. The minimum Gasteiger partial charge on any atom is -0.355 e. The second-order valence-corrected chi connectivity index (χ2v) is 7.38. The van der Waals surface area contributed by atoms with Gasteiger partial charge in [-0.2, -0.15) is 0 Å². The lowest BCUT2D eigenvalue weighted by atomic mass is 10.0. The zero-order valence-corrected chi connectivity index (χ0v) is 15.4. The lowest BCUT2D eigenvalue weighted by Crippen LogP contribution is -2.48. The van der Waals surface area contributed by atoms with Gasteiger partial charge in [-0.05, 0) is 23.5 Å². The van der Waals surface area contributed by atoms with E-state index in [1.807, 2.05) is 0 Å². The third-order valence-electron chi connectivity index (χ3n) is 5.18. The summed E-state index contributed by atoms with van der Waals surface area (Å²) in [7, 11) is 0. The SMILES string of the molecule is CC(C)c1ccc(CCNC(=O)CN2CCC3(CC2)OCCO3)cc1. The number of piperidine rings is 1. The number of hydrogen-bond donors (Lipinski definition) is 1. The van der Waals surface area contributed by atoms with Crippen molar-refractivity contribution in [3.8, 4) is 0 Å². The first kappa shape index (κ1) is 18.4. The first-order valence-electron chi connectivity index (χ1n) is 9.42. The minimum atomic E-state index is -0.366. The fourth-order valence-corrected chi connectivity index (χ4v) is 3.51. The zero-order chi connectivity index (χ0) is 17.7. The van der Waals surface area contributed by atoms with Crippen LogP contribution in [0.4, 0.5) is 0 Å². The topological polar surface area (TPSA) is 50.8 Å². The molecule has 0 bridgehead atoms. The van der Waals surface area contributed by atoms with Crippen molar-refractivity contribution in [3.05, 3.63) is 35.4 Å². The van der Waals surface area contributed by atoms with Crippen LogP contribution in [0.1, 0.15) is 43.7 Å². The van der Waals surface area contributed by atoms with Crippen LogP contribution in [0.3, 0.4) is 0 Å². The van der Waals surface area contributed by atoms with Crippen LogP contribution in [-0.4, -0.2) is 56.0 Å². The zero-order valence-electron chi connectivity index (χ0n) is 15.4. The van der Waals surface area contributed by atoms with E-state index in [1.165, 1.54) is 11.1 Å². The van der Waals surface area contributed by atoms with E-state index in [-0.39, 0.29) is 11.7 Å². The Morgan fingerprint density at radius 3 is 2.40 bits per heavy atom. The van der Waals surface area contributed by atoms with Crippen molar-refractivity contribution in [1.82, 2.24) is 10.2 Å². The summed E-state index contributed by atoms with van der Waals surface area (Å²) in [5.41, 5.74) is 2.62. The molecule has 0 atom stereocenters. The van der Waals surface area contributed by atoms with Gasteiger partial charge in [0.05, 0.1) is 19.8 Å². The van der Waals surface area contributed by atoms with Gasteiger partial charge in [-0.25, -0.2) is 0 Å². The highest BCUT2D eigenvalue weighted by atomic mass is 16.7. The Morgan fingerprint density at radius 1 is 1.16 bits per heavy atom. The summed E-state index contributed by atoms with van der Waals surface area (Å²) in [6.07, 6.45) is 2.57. The quantitative estimate of drug-likeness (QED) is 0.859. The molecule has 5 nitrogen and oxygen atoms in total. The van der Waals surface area contributed by atoms with Crippen molar-refractivity contribution in [2.24, 2.45) is 0 Å². The van der Waals surface area contributed by atoms with E-state index in [0.717, 1.165) is 32.4 Å². The van der Waals surface area contributed by atoms with Crippen LogP contribution >= 0.6 is 0 Å². The molecule has 0 aliphatic carbocycles. The number of carbonyl (C=O) groups excluding carboxylic acids is 1. The van der Waals surface area contributed by atoms with Gasteiger partial charge in [0, 0.05) is 32.5 Å². The van der Waals surface area contributed by atoms with Crippen LogP contribution in [0.25, 0.3) is 0 Å². The molecule has 0 aromatic heterocycles. The van der Waals surface area contributed by atoms with Crippen molar-refractivity contribution >= 4 is 5.91 Å². The Kier molecular flexibility index (Phi) is 6.10. The Hall–Kier alpha value is -1.43. The Morgan fingerprint density at radius 2 is 1.80 bits per heavy atom. The standard InChI is InChI=1S/C20H30N2O3/c1-16(2)18-5-3-17(4-6-18)7-10-21-19(23)15-22-11-8-20(9-12-22)24-13-14-25-20/h3-6,16H,7-15H2,1-2H3,(H,21,23). The maximum atomic E-state index is 12.1. The van der Waals surface area contributed by atoms with Crippen molar-refractivity contribution in [2.45, 2.75) is 44.8 Å². The summed E-state index contributed by atoms with van der Waals surface area (Å²) < 4.78 is 11.4. The van der Waals surface area contributed by atoms with Crippen molar-refractivity contribution < 1.29 is 14.3 Å². The van der Waals surface area contributed by atoms with Crippen LogP contribution in [0.15, 0.2) is 24.3 Å². The third kappa shape index (κ3) is 5.03. The van der Waals surface area contributed by atoms with Gasteiger partial charge in [0.2, 0.25) is 5.91 Å². The lowest BCUT2D eigenvalue weighted by Gasteiger charge is -2.37. The molecule has 2 saturated heterocycles. The molecule has 25 heavy (non-hydrogen) atoms. The first-order valence-corrected chi connectivity index (χ1v) is 9.42. The molecule has 3 rings (SSSR count). The van der Waals surface area contributed by atoms with Crippen molar-refractivity contribution in [1.29, 1.82) is 0 Å². The smallest absolute Gasteiger partial charge is 0.234 e. The third-order valence-corrected chi connectivity index (χ3v) is 5.18. The van der Waals surface area contributed by atoms with Gasteiger partial charge in [-0.3, -0.25) is 9.69 Å². The van der Waals surface area contributed by atoms with Gasteiger partial charge in [-0.1, -0.05) is 38.1 Å². The van der Waals surface area contributed by atoms with Crippen LogP contribution in [0.5, 0.6) is 0 Å². The van der Waals surface area contributed by atoms with Gasteiger partial charge in [0.1, 0.15) is 0 Å². The van der Waals surface area contributed by atoms with Crippen LogP contribution in [-0.2, 0) is 20.7 Å². The number of benzene rings is 1. The van der Waals surface area contributed by atoms with E-state index in [0.29, 0.717) is 32.2 Å². The number of likely N-dealkylation sites (tertiary alicyclic amines) is 1. The maximum absolute atomic E-state index is 12.1. The van der Waals surface area contributed by atoms with Crippen molar-refractivity contribution in [2.75, 3.05) is 39.4 Å². The van der Waals surface area contributed by atoms with E-state index in [1.54, 1.807) is 0 Å². The van der Waals surface area contributed by atoms with E-state index >= 15 is 0 Å². The monoisotopic (exact) mass is 346 g/mol. The summed E-state index contributed by atoms with van der Waals surface area (Å²) in [6.45, 7) is 8.63. The number of nitrogens with zero attached hydrogens (tertiary/aromatic N) is 1. The molecule has 0 saturated carbocycles. The normalized spacial score (nSPS) is 20.3. The predicted octanol–water partition coefficient (Wildman–Crippen LogP) is 2.31. The molecule has 0 radical (unpaired) electrons. The highest BCUT2D eigenvalue weighted by Crippen LogP contribution is 2.30. The lowest BCUT2D eigenvalue weighted by molar-refractivity contribution is -0.185. The molecule has 1 amide bonds. The molecule has 1 aromatic carbocycles. The highest BCUT2D eigenvalue weighted by molar-refractivity contribution is 5.78. The Labute approximate surface area is 150 Å². The second kappa shape index (κ2) is 8.30. The summed E-state index contributed by atoms with van der Waals surface area (Å²) >= 11 is 0. The maximum Gasteiger partial charge on any atom is 0.234 e. The minimum absolute atomic E-state index is 0.100. The Balaban J connectivity index is 1.34. The van der Waals surface area contributed by atoms with E-state index < -0.39 is 0 Å². The average Bonchev–Trinajstić information content (AvgIpc) is 3.06. The number of nitrogens with one attached hydrogen (secondary N) is 1. The largest absolute Gasteiger partial charge is 0.355 e. The molecule has 2 fully saturated rings. The number of amides is 1. The molecule has 1 spiro atoms. The molecule has 2 aliphatic heterocycles. The number of ether oxygens (including phenoxy) is 2. The predicted molar refractivity (Wildman–Crippen MR) is 97.6 cm³/mol. The molecule has 2 heterocycles. The van der Waals surface area contributed by atoms with Gasteiger partial charge < -0.3 is 14.8 Å².